The van der Waals surface area contributed by atoms with E-state index in [1.165, 1.54) is 12.1 Å². The van der Waals surface area contributed by atoms with Crippen molar-refractivity contribution in [3.05, 3.63) is 93.2 Å². The van der Waals surface area contributed by atoms with Gasteiger partial charge < -0.3 is 34.3 Å². The summed E-state index contributed by atoms with van der Waals surface area (Å²) in [7, 11) is 0. The molecule has 3 aromatic rings. The molecule has 1 saturated heterocycles. The highest BCUT2D eigenvalue weighted by Crippen LogP contribution is 2.36. The number of ether oxygens (including phenoxy) is 2. The second-order valence-electron chi connectivity index (χ2n) is 9.47. The van der Waals surface area contributed by atoms with Gasteiger partial charge in [-0.3, -0.25) is 0 Å². The maximum absolute atomic E-state index is 14.8. The summed E-state index contributed by atoms with van der Waals surface area (Å²) in [6.07, 6.45) is -3.63. The molecule has 0 saturated carbocycles. The van der Waals surface area contributed by atoms with E-state index in [-0.39, 0.29) is 18.8 Å². The van der Waals surface area contributed by atoms with Crippen molar-refractivity contribution in [2.24, 2.45) is 0 Å². The van der Waals surface area contributed by atoms with Crippen LogP contribution in [0.4, 0.5) is 8.78 Å². The predicted octanol–water partition coefficient (Wildman–Crippen LogP) is 4.18. The normalized spacial score (nSPS) is 26.8. The number of aliphatic hydroxyl groups excluding tert-OH is 4. The molecule has 0 bridgehead atoms. The fraction of sp³-hybridized carbons (Fsp3) is 0.357. The Morgan fingerprint density at radius 3 is 2.58 bits per heavy atom. The summed E-state index contributed by atoms with van der Waals surface area (Å²) in [5.41, 5.74) is 2.16. The molecule has 4 N–H and O–H groups in total. The summed E-state index contributed by atoms with van der Waals surface area (Å²) in [5, 5.41) is 40.5. The van der Waals surface area contributed by atoms with Crippen molar-refractivity contribution in [2.45, 2.75) is 56.1 Å². The summed E-state index contributed by atoms with van der Waals surface area (Å²) >= 11 is 6.38. The molecule has 1 aliphatic carbocycles. The molecular formula is C28H27ClF2O7. The number of hydrogen-bond acceptors (Lipinski definition) is 7. The van der Waals surface area contributed by atoms with E-state index in [9.17, 15) is 29.2 Å². The summed E-state index contributed by atoms with van der Waals surface area (Å²) in [4.78, 5) is 0. The van der Waals surface area contributed by atoms with Crippen molar-refractivity contribution in [3.63, 3.8) is 0 Å². The van der Waals surface area contributed by atoms with Crippen LogP contribution in [-0.4, -0.2) is 51.4 Å². The number of allylic oxidation sites excluding steroid dienone is 1. The van der Waals surface area contributed by atoms with Gasteiger partial charge in [0.2, 0.25) is 0 Å². The van der Waals surface area contributed by atoms with Crippen molar-refractivity contribution in [1.29, 1.82) is 0 Å². The molecule has 2 aliphatic rings. The highest BCUT2D eigenvalue weighted by molar-refractivity contribution is 6.31. The minimum Gasteiger partial charge on any atom is -0.483 e. The Balaban J connectivity index is 1.28. The van der Waals surface area contributed by atoms with E-state index < -0.39 is 49.1 Å². The number of alkyl halides is 1. The number of aliphatic hydroxyl groups is 4. The van der Waals surface area contributed by atoms with E-state index >= 15 is 0 Å². The van der Waals surface area contributed by atoms with Gasteiger partial charge in [0.25, 0.3) is 0 Å². The Bertz CT molecular complexity index is 1320. The quantitative estimate of drug-likeness (QED) is 0.350. The Kier molecular flexibility index (Phi) is 7.85. The van der Waals surface area contributed by atoms with Gasteiger partial charge in [0, 0.05) is 17.0 Å². The molecule has 7 nitrogen and oxygen atoms in total. The minimum absolute atomic E-state index is 0.0108. The molecule has 10 heteroatoms. The monoisotopic (exact) mass is 548 g/mol. The molecule has 1 aliphatic heterocycles. The summed E-state index contributed by atoms with van der Waals surface area (Å²) < 4.78 is 45.6. The maximum Gasteiger partial charge on any atom is 0.165 e. The SMILES string of the molecule is OC[C@H]1O[C@@H](c2ccc(Cl)c(Cc3ccc(OCc4cc5c(o4)C=CCC5F)c(F)c3)c2)[C@H](O)[C@@H](O)[C@@H]1O. The van der Waals surface area contributed by atoms with Gasteiger partial charge in [-0.2, -0.15) is 0 Å². The average Bonchev–Trinajstić information content (AvgIpc) is 3.33. The number of furan rings is 1. The Morgan fingerprint density at radius 2 is 1.84 bits per heavy atom. The van der Waals surface area contributed by atoms with Crippen molar-refractivity contribution < 1.29 is 43.1 Å². The van der Waals surface area contributed by atoms with Crippen molar-refractivity contribution >= 4 is 17.7 Å². The van der Waals surface area contributed by atoms with Crippen LogP contribution in [0.25, 0.3) is 6.08 Å². The summed E-state index contributed by atoms with van der Waals surface area (Å²) in [6.45, 7) is -0.595. The number of benzene rings is 2. The molecular weight excluding hydrogens is 522 g/mol. The molecule has 202 valence electrons. The van der Waals surface area contributed by atoms with Crippen molar-refractivity contribution in [1.82, 2.24) is 0 Å². The van der Waals surface area contributed by atoms with E-state index in [4.69, 9.17) is 25.5 Å². The average molecular weight is 549 g/mol. The number of halogens is 3. The van der Waals surface area contributed by atoms with Crippen LogP contribution in [0.15, 0.2) is 53.0 Å². The first-order chi connectivity index (χ1) is 18.2. The highest BCUT2D eigenvalue weighted by atomic mass is 35.5. The number of rotatable bonds is 7. The molecule has 5 rings (SSSR count). The van der Waals surface area contributed by atoms with Gasteiger partial charge in [-0.1, -0.05) is 35.9 Å². The second-order valence-corrected chi connectivity index (χ2v) is 9.88. The van der Waals surface area contributed by atoms with Gasteiger partial charge >= 0.3 is 0 Å². The van der Waals surface area contributed by atoms with Crippen molar-refractivity contribution in [3.8, 4) is 5.75 Å². The van der Waals surface area contributed by atoms with Crippen LogP contribution < -0.4 is 4.74 Å². The fourth-order valence-corrected chi connectivity index (χ4v) is 4.95. The highest BCUT2D eigenvalue weighted by Gasteiger charge is 2.44. The third-order valence-electron chi connectivity index (χ3n) is 6.84. The van der Waals surface area contributed by atoms with Gasteiger partial charge in [0.05, 0.1) is 6.61 Å². The summed E-state index contributed by atoms with van der Waals surface area (Å²) in [6, 6.07) is 11.0. The molecule has 2 aromatic carbocycles. The zero-order valence-electron chi connectivity index (χ0n) is 20.1. The predicted molar refractivity (Wildman–Crippen MR) is 134 cm³/mol. The first-order valence-electron chi connectivity index (χ1n) is 12.2. The van der Waals surface area contributed by atoms with Gasteiger partial charge in [-0.25, -0.2) is 8.78 Å². The Labute approximate surface area is 222 Å². The largest absolute Gasteiger partial charge is 0.483 e. The van der Waals surface area contributed by atoms with Gasteiger partial charge in [0.15, 0.2) is 11.6 Å². The second kappa shape index (κ2) is 11.1. The first kappa shape index (κ1) is 26.8. The zero-order chi connectivity index (χ0) is 27.0. The molecule has 1 unspecified atom stereocenters. The van der Waals surface area contributed by atoms with E-state index in [1.54, 1.807) is 42.5 Å². The third-order valence-corrected chi connectivity index (χ3v) is 7.21. The van der Waals surface area contributed by atoms with E-state index in [0.717, 1.165) is 0 Å². The smallest absolute Gasteiger partial charge is 0.165 e. The van der Waals surface area contributed by atoms with E-state index in [1.807, 2.05) is 0 Å². The van der Waals surface area contributed by atoms with Crippen LogP contribution in [0.5, 0.6) is 5.75 Å². The zero-order valence-corrected chi connectivity index (χ0v) is 20.9. The minimum atomic E-state index is -1.51. The fourth-order valence-electron chi connectivity index (χ4n) is 4.77. The van der Waals surface area contributed by atoms with Crippen LogP contribution >= 0.6 is 11.6 Å². The third kappa shape index (κ3) is 5.36. The van der Waals surface area contributed by atoms with Gasteiger partial charge in [-0.15, -0.1) is 0 Å². The van der Waals surface area contributed by atoms with Crippen LogP contribution in [0.2, 0.25) is 5.02 Å². The lowest BCUT2D eigenvalue weighted by Crippen LogP contribution is -2.55. The van der Waals surface area contributed by atoms with Gasteiger partial charge in [-0.05, 0) is 53.5 Å². The number of fused-ring (bicyclic) bond motifs is 1. The van der Waals surface area contributed by atoms with Crippen molar-refractivity contribution in [2.75, 3.05) is 6.61 Å². The lowest BCUT2D eigenvalue weighted by atomic mass is 9.90. The topological polar surface area (TPSA) is 113 Å². The molecule has 0 amide bonds. The molecule has 38 heavy (non-hydrogen) atoms. The van der Waals surface area contributed by atoms with E-state index in [2.05, 4.69) is 0 Å². The van der Waals surface area contributed by atoms with Crippen LogP contribution in [0, 0.1) is 5.82 Å². The van der Waals surface area contributed by atoms with E-state index in [0.29, 0.717) is 45.2 Å². The first-order valence-corrected chi connectivity index (χ1v) is 12.6. The molecule has 1 aromatic heterocycles. The Morgan fingerprint density at radius 1 is 1.03 bits per heavy atom. The molecule has 0 radical (unpaired) electrons. The lowest BCUT2D eigenvalue weighted by Gasteiger charge is -2.40. The van der Waals surface area contributed by atoms with Crippen LogP contribution in [-0.2, 0) is 17.8 Å². The van der Waals surface area contributed by atoms with Gasteiger partial charge in [0.1, 0.15) is 54.8 Å². The lowest BCUT2D eigenvalue weighted by molar-refractivity contribution is -0.231. The molecule has 1 fully saturated rings. The number of hydrogen-bond donors (Lipinski definition) is 4. The van der Waals surface area contributed by atoms with Crippen LogP contribution in [0.3, 0.4) is 0 Å². The molecule has 2 heterocycles. The molecule has 0 spiro atoms. The van der Waals surface area contributed by atoms with Crippen LogP contribution in [0.1, 0.15) is 52.5 Å². The molecule has 6 atom stereocenters. The maximum atomic E-state index is 14.8. The summed E-state index contributed by atoms with van der Waals surface area (Å²) in [5.74, 6) is 0.255. The standard InChI is InChI=1S/C28H27ClF2O7/c29-19-6-5-15(28-27(35)26(34)25(33)24(12-32)38-28)10-16(19)8-14-4-7-23(21(31)9-14)36-13-17-11-18-20(30)2-1-3-22(18)37-17/h1,3-7,9-11,20,24-28,32-35H,2,8,12-13H2/t20?,24-,25-,26+,27-,28+/m1/s1. The Hall–Kier alpha value is -2.79.